The van der Waals surface area contributed by atoms with Crippen molar-refractivity contribution in [2.45, 2.75) is 54.1 Å². The minimum Gasteiger partial charge on any atom is -0.462 e. The maximum atomic E-state index is 13.0. The van der Waals surface area contributed by atoms with Crippen LogP contribution in [0.15, 0.2) is 17.2 Å². The Labute approximate surface area is 172 Å². The molecule has 0 radical (unpaired) electrons. The van der Waals surface area contributed by atoms with Crippen LogP contribution in [0.2, 0.25) is 0 Å². The van der Waals surface area contributed by atoms with Gasteiger partial charge in [-0.25, -0.2) is 9.78 Å². The van der Waals surface area contributed by atoms with Crippen LogP contribution < -0.4 is 5.56 Å². The van der Waals surface area contributed by atoms with Crippen molar-refractivity contribution in [2.24, 2.45) is 0 Å². The Morgan fingerprint density at radius 1 is 1.24 bits per heavy atom. The summed E-state index contributed by atoms with van der Waals surface area (Å²) in [6.07, 6.45) is 1.37. The van der Waals surface area contributed by atoms with Crippen molar-refractivity contribution in [2.75, 3.05) is 6.61 Å². The highest BCUT2D eigenvalue weighted by Crippen LogP contribution is 2.27. The first kappa shape index (κ1) is 21.0. The predicted molar refractivity (Wildman–Crippen MR) is 113 cm³/mol. The third-order valence-corrected chi connectivity index (χ3v) is 6.17. The van der Waals surface area contributed by atoms with E-state index in [2.05, 4.69) is 23.4 Å². The van der Waals surface area contributed by atoms with Crippen molar-refractivity contribution in [1.29, 1.82) is 0 Å². The van der Waals surface area contributed by atoms with Gasteiger partial charge in [0.15, 0.2) is 5.78 Å². The highest BCUT2D eigenvalue weighted by molar-refractivity contribution is 7.20. The number of fused-ring (bicyclic) bond motifs is 1. The third-order valence-electron chi connectivity index (χ3n) is 4.99. The molecule has 0 amide bonds. The summed E-state index contributed by atoms with van der Waals surface area (Å²) in [5.41, 5.74) is 2.72. The normalized spacial score (nSPS) is 11.4. The average Bonchev–Trinajstić information content (AvgIpc) is 3.14. The van der Waals surface area contributed by atoms with Crippen molar-refractivity contribution in [1.82, 2.24) is 14.1 Å². The van der Waals surface area contributed by atoms with Crippen LogP contribution in [0.25, 0.3) is 10.2 Å². The molecule has 0 fully saturated rings. The van der Waals surface area contributed by atoms with E-state index in [9.17, 15) is 14.4 Å². The second-order valence-electron chi connectivity index (χ2n) is 7.31. The number of Topliss-reactive ketones (excluding diaryl/α,β-unsaturated/α-hetero) is 1. The molecule has 154 valence electrons. The van der Waals surface area contributed by atoms with E-state index in [1.807, 2.05) is 19.9 Å². The van der Waals surface area contributed by atoms with Gasteiger partial charge in [-0.2, -0.15) is 0 Å². The van der Waals surface area contributed by atoms with Gasteiger partial charge in [-0.1, -0.05) is 0 Å². The van der Waals surface area contributed by atoms with Gasteiger partial charge in [0.25, 0.3) is 5.56 Å². The zero-order valence-electron chi connectivity index (χ0n) is 17.5. The van der Waals surface area contributed by atoms with Gasteiger partial charge in [0.2, 0.25) is 0 Å². The van der Waals surface area contributed by atoms with Crippen LogP contribution in [0, 0.1) is 20.8 Å². The van der Waals surface area contributed by atoms with Gasteiger partial charge >= 0.3 is 5.97 Å². The lowest BCUT2D eigenvalue weighted by Crippen LogP contribution is -2.25. The average molecular weight is 416 g/mol. The minimum absolute atomic E-state index is 0.103. The first-order valence-corrected chi connectivity index (χ1v) is 10.4. The van der Waals surface area contributed by atoms with Crippen molar-refractivity contribution >= 4 is 33.3 Å². The zero-order valence-corrected chi connectivity index (χ0v) is 18.3. The molecule has 0 aromatic carbocycles. The number of ether oxygens (including phenoxy) is 1. The topological polar surface area (TPSA) is 83.2 Å². The van der Waals surface area contributed by atoms with Gasteiger partial charge in [0, 0.05) is 23.0 Å². The maximum Gasteiger partial charge on any atom is 0.348 e. The lowest BCUT2D eigenvalue weighted by atomic mass is 10.1. The van der Waals surface area contributed by atoms with E-state index in [1.54, 1.807) is 13.8 Å². The molecule has 3 heterocycles. The summed E-state index contributed by atoms with van der Waals surface area (Å²) in [4.78, 5) is 43.2. The smallest absolute Gasteiger partial charge is 0.348 e. The number of esters is 1. The molecule has 8 heteroatoms. The minimum atomic E-state index is -0.462. The van der Waals surface area contributed by atoms with E-state index in [4.69, 9.17) is 4.74 Å². The fourth-order valence-corrected chi connectivity index (χ4v) is 4.79. The van der Waals surface area contributed by atoms with E-state index in [0.717, 1.165) is 22.7 Å². The van der Waals surface area contributed by atoms with E-state index >= 15 is 0 Å². The molecule has 3 aromatic heterocycles. The number of aromatic nitrogens is 3. The molecule has 3 rings (SSSR count). The Balaban J connectivity index is 1.99. The van der Waals surface area contributed by atoms with Crippen LogP contribution in [0.5, 0.6) is 0 Å². The third kappa shape index (κ3) is 3.64. The molecule has 0 aliphatic heterocycles. The highest BCUT2D eigenvalue weighted by atomic mass is 32.1. The van der Waals surface area contributed by atoms with E-state index in [0.29, 0.717) is 26.2 Å². The van der Waals surface area contributed by atoms with Crippen LogP contribution in [-0.4, -0.2) is 32.5 Å². The molecule has 29 heavy (non-hydrogen) atoms. The van der Waals surface area contributed by atoms with Crippen molar-refractivity contribution in [3.8, 4) is 0 Å². The SMILES string of the molecule is CCOC(=O)c1sc2ncn(CC(=O)c3cc(C)n(C(C)C)c3C)c(=O)c2c1C. The molecule has 7 nitrogen and oxygen atoms in total. The molecular formula is C21H25N3O4S. The standard InChI is InChI=1S/C21H25N3O4S/c1-7-28-21(27)18-13(5)17-19(29-18)22-10-23(20(17)26)9-16(25)15-8-12(4)24(11(2)3)14(15)6/h8,10-11H,7,9H2,1-6H3. The van der Waals surface area contributed by atoms with Crippen LogP contribution in [0.3, 0.4) is 0 Å². The molecule has 0 saturated heterocycles. The van der Waals surface area contributed by atoms with Crippen LogP contribution >= 0.6 is 11.3 Å². The molecule has 0 bridgehead atoms. The fourth-order valence-electron chi connectivity index (χ4n) is 3.76. The molecule has 0 aliphatic carbocycles. The predicted octanol–water partition coefficient (Wildman–Crippen LogP) is 3.83. The van der Waals surface area contributed by atoms with Gasteiger partial charge in [0.1, 0.15) is 9.71 Å². The molecule has 0 aliphatic rings. The number of nitrogens with zero attached hydrogens (tertiary/aromatic N) is 3. The van der Waals surface area contributed by atoms with E-state index in [1.165, 1.54) is 10.9 Å². The molecule has 3 aromatic rings. The second kappa shape index (κ2) is 7.94. The summed E-state index contributed by atoms with van der Waals surface area (Å²) in [7, 11) is 0. The van der Waals surface area contributed by atoms with Crippen LogP contribution in [-0.2, 0) is 11.3 Å². The highest BCUT2D eigenvalue weighted by Gasteiger charge is 2.22. The lowest BCUT2D eigenvalue weighted by molar-refractivity contribution is 0.0531. The lowest BCUT2D eigenvalue weighted by Gasteiger charge is -2.13. The Morgan fingerprint density at radius 3 is 2.52 bits per heavy atom. The summed E-state index contributed by atoms with van der Waals surface area (Å²) >= 11 is 1.13. The molecule has 0 saturated carbocycles. The zero-order chi connectivity index (χ0) is 21.5. The number of ketones is 1. The Kier molecular flexibility index (Phi) is 5.75. The van der Waals surface area contributed by atoms with Gasteiger partial charge in [-0.05, 0) is 53.2 Å². The summed E-state index contributed by atoms with van der Waals surface area (Å²) in [5, 5.41) is 0.362. The number of aryl methyl sites for hydroxylation is 2. The van der Waals surface area contributed by atoms with Gasteiger partial charge in [-0.3, -0.25) is 14.2 Å². The molecular weight excluding hydrogens is 390 g/mol. The van der Waals surface area contributed by atoms with E-state index < -0.39 is 5.97 Å². The summed E-state index contributed by atoms with van der Waals surface area (Å²) in [6, 6.07) is 2.11. The summed E-state index contributed by atoms with van der Waals surface area (Å²) < 4.78 is 8.46. The maximum absolute atomic E-state index is 13.0. The molecule has 0 N–H and O–H groups in total. The summed E-state index contributed by atoms with van der Waals surface area (Å²) in [6.45, 7) is 11.6. The quantitative estimate of drug-likeness (QED) is 0.451. The van der Waals surface area contributed by atoms with Crippen LogP contribution in [0.4, 0.5) is 0 Å². The van der Waals surface area contributed by atoms with Gasteiger partial charge < -0.3 is 9.30 Å². The van der Waals surface area contributed by atoms with Crippen molar-refractivity contribution in [3.63, 3.8) is 0 Å². The summed E-state index contributed by atoms with van der Waals surface area (Å²) in [5.74, 6) is -0.608. The Hall–Kier alpha value is -2.74. The monoisotopic (exact) mass is 415 g/mol. The number of rotatable bonds is 6. The number of hydrogen-bond donors (Lipinski definition) is 0. The Bertz CT molecular complexity index is 1170. The molecule has 0 unspecified atom stereocenters. The number of carbonyl (C=O) groups is 2. The van der Waals surface area contributed by atoms with Crippen molar-refractivity contribution in [3.05, 3.63) is 50.1 Å². The first-order valence-electron chi connectivity index (χ1n) is 9.54. The number of hydrogen-bond acceptors (Lipinski definition) is 6. The first-order chi connectivity index (χ1) is 13.7. The van der Waals surface area contributed by atoms with E-state index in [-0.39, 0.29) is 30.5 Å². The van der Waals surface area contributed by atoms with Crippen molar-refractivity contribution < 1.29 is 14.3 Å². The number of carbonyl (C=O) groups excluding carboxylic acids is 2. The largest absolute Gasteiger partial charge is 0.462 e. The van der Waals surface area contributed by atoms with Gasteiger partial charge in [-0.15, -0.1) is 11.3 Å². The Morgan fingerprint density at radius 2 is 1.93 bits per heavy atom. The second-order valence-corrected chi connectivity index (χ2v) is 8.31. The number of thiophene rings is 1. The molecule has 0 atom stereocenters. The fraction of sp³-hybridized carbons (Fsp3) is 0.429. The molecule has 0 spiro atoms. The van der Waals surface area contributed by atoms with Gasteiger partial charge in [0.05, 0.1) is 24.9 Å². The van der Waals surface area contributed by atoms with Crippen LogP contribution in [0.1, 0.15) is 63.8 Å².